The summed E-state index contributed by atoms with van der Waals surface area (Å²) in [6.07, 6.45) is 12.0. The Balaban J connectivity index is 1.18. The number of aromatic nitrogens is 3. The second kappa shape index (κ2) is 9.93. The predicted molar refractivity (Wildman–Crippen MR) is 168 cm³/mol. The van der Waals surface area contributed by atoms with Crippen molar-refractivity contribution in [1.82, 2.24) is 25.2 Å². The number of pyridine rings is 1. The van der Waals surface area contributed by atoms with Crippen LogP contribution < -0.4 is 15.0 Å². The molecular formula is C35H33F3N6O2. The lowest BCUT2D eigenvalue weighted by Crippen LogP contribution is -2.51. The molecule has 4 aliphatic heterocycles. The van der Waals surface area contributed by atoms with Gasteiger partial charge in [-0.2, -0.15) is 9.97 Å². The number of fused-ring (bicyclic) bond motifs is 5. The molecule has 1 saturated carbocycles. The average molecular weight is 627 g/mol. The van der Waals surface area contributed by atoms with Crippen LogP contribution in [-0.4, -0.2) is 81.5 Å². The summed E-state index contributed by atoms with van der Waals surface area (Å²) in [6, 6.07) is 6.10. The summed E-state index contributed by atoms with van der Waals surface area (Å²) in [7, 11) is 0. The molecule has 0 amide bonds. The zero-order valence-electron chi connectivity index (χ0n) is 25.2. The van der Waals surface area contributed by atoms with Crippen molar-refractivity contribution >= 4 is 27.5 Å². The smallest absolute Gasteiger partial charge is 0.319 e. The van der Waals surface area contributed by atoms with Crippen LogP contribution in [0.15, 0.2) is 30.5 Å². The molecule has 2 bridgehead atoms. The number of halogens is 3. The largest absolute Gasteiger partial charge is 0.508 e. The van der Waals surface area contributed by atoms with E-state index in [0.717, 1.165) is 38.6 Å². The fourth-order valence-electron chi connectivity index (χ4n) is 8.76. The van der Waals surface area contributed by atoms with Crippen LogP contribution in [0, 0.1) is 29.4 Å². The minimum Gasteiger partial charge on any atom is -0.508 e. The van der Waals surface area contributed by atoms with Crippen molar-refractivity contribution in [3.63, 3.8) is 0 Å². The Morgan fingerprint density at radius 2 is 1.91 bits per heavy atom. The molecule has 5 fully saturated rings. The Bertz CT molecular complexity index is 1970. The van der Waals surface area contributed by atoms with Crippen LogP contribution in [0.5, 0.6) is 11.8 Å². The van der Waals surface area contributed by atoms with Gasteiger partial charge in [-0.15, -0.1) is 6.42 Å². The van der Waals surface area contributed by atoms with E-state index in [1.807, 2.05) is 0 Å². The Morgan fingerprint density at radius 1 is 1.11 bits per heavy atom. The Morgan fingerprint density at radius 3 is 2.67 bits per heavy atom. The zero-order valence-corrected chi connectivity index (χ0v) is 25.2. The monoisotopic (exact) mass is 626 g/mol. The highest BCUT2D eigenvalue weighted by Gasteiger charge is 2.62. The molecule has 236 valence electrons. The van der Waals surface area contributed by atoms with E-state index in [0.29, 0.717) is 54.7 Å². The molecule has 4 saturated heterocycles. The van der Waals surface area contributed by atoms with Gasteiger partial charge in [-0.25, -0.2) is 13.2 Å². The van der Waals surface area contributed by atoms with Crippen molar-refractivity contribution in [2.45, 2.75) is 62.3 Å². The first-order valence-electron chi connectivity index (χ1n) is 16.0. The number of ether oxygens (including phenoxy) is 1. The van der Waals surface area contributed by atoms with E-state index >= 15 is 4.39 Å². The summed E-state index contributed by atoms with van der Waals surface area (Å²) in [4.78, 5) is 18.3. The van der Waals surface area contributed by atoms with Gasteiger partial charge in [0.2, 0.25) is 0 Å². The molecule has 2 aromatic carbocycles. The van der Waals surface area contributed by atoms with Gasteiger partial charge < -0.3 is 20.1 Å². The Hall–Kier alpha value is -4.14. The molecule has 4 atom stereocenters. The van der Waals surface area contributed by atoms with E-state index < -0.39 is 23.3 Å². The average Bonchev–Trinajstić information content (AvgIpc) is 3.48. The number of aromatic hydroxyl groups is 1. The Kier molecular flexibility index (Phi) is 6.07. The fourth-order valence-corrected chi connectivity index (χ4v) is 8.76. The highest BCUT2D eigenvalue weighted by atomic mass is 19.1. The van der Waals surface area contributed by atoms with Crippen LogP contribution in [0.25, 0.3) is 32.9 Å². The molecule has 5 aliphatic rings. The van der Waals surface area contributed by atoms with Crippen molar-refractivity contribution < 1.29 is 23.0 Å². The standard InChI is InChI=1S/C35H33F3N6O2/c1-2-24-27(37)6-3-19-9-23(45)10-25(28(19)24)30-29(38)31-26(12-39-30)32(43-14-21-4-5-22(15-43)40-21)42-33(41-31)46-18-35-11-20(36)13-44(35)17-34(16-35)7-8-34/h1,3,6,9-10,12,20-22,40,45H,4-5,7-8,11,13-18H2/t20-,21-,22+,35-/m1/s1. The fraction of sp³-hybridized carbons (Fsp3) is 0.457. The third kappa shape index (κ3) is 4.33. The lowest BCUT2D eigenvalue weighted by Gasteiger charge is -2.34. The first-order chi connectivity index (χ1) is 22.2. The van der Waals surface area contributed by atoms with Gasteiger partial charge in [0.05, 0.1) is 16.5 Å². The van der Waals surface area contributed by atoms with E-state index in [-0.39, 0.29) is 51.5 Å². The van der Waals surface area contributed by atoms with Gasteiger partial charge in [-0.1, -0.05) is 12.0 Å². The van der Waals surface area contributed by atoms with Crippen molar-refractivity contribution in [3.8, 4) is 35.4 Å². The maximum Gasteiger partial charge on any atom is 0.319 e. The summed E-state index contributed by atoms with van der Waals surface area (Å²) in [5, 5.41) is 15.3. The number of piperazine rings is 1. The summed E-state index contributed by atoms with van der Waals surface area (Å²) >= 11 is 0. The minimum absolute atomic E-state index is 0.000245. The molecule has 1 aliphatic carbocycles. The number of phenolic OH excluding ortho intramolecular Hbond substituents is 1. The summed E-state index contributed by atoms with van der Waals surface area (Å²) in [5.74, 6) is 1.38. The van der Waals surface area contributed by atoms with Crippen molar-refractivity contribution in [3.05, 3.63) is 47.7 Å². The van der Waals surface area contributed by atoms with Crippen LogP contribution in [0.4, 0.5) is 19.0 Å². The van der Waals surface area contributed by atoms with Gasteiger partial charge in [-0.05, 0) is 61.1 Å². The van der Waals surface area contributed by atoms with E-state index in [9.17, 15) is 13.9 Å². The maximum absolute atomic E-state index is 16.8. The molecule has 1 spiro atoms. The highest BCUT2D eigenvalue weighted by Crippen LogP contribution is 2.60. The molecule has 9 rings (SSSR count). The van der Waals surface area contributed by atoms with Crippen LogP contribution in [0.3, 0.4) is 0 Å². The number of hydrogen-bond donors (Lipinski definition) is 2. The van der Waals surface area contributed by atoms with E-state index in [2.05, 4.69) is 31.0 Å². The van der Waals surface area contributed by atoms with Gasteiger partial charge in [0.15, 0.2) is 5.82 Å². The molecule has 6 heterocycles. The van der Waals surface area contributed by atoms with Crippen molar-refractivity contribution in [2.24, 2.45) is 5.41 Å². The SMILES string of the molecule is C#Cc1c(F)ccc2cc(O)cc(-c3ncc4c(N5C[C@H]6CC[C@@H](C5)N6)nc(OC[C@]56C[C@@H](F)CN5CC5(CC5)C6)nc4c3F)c12. The van der Waals surface area contributed by atoms with Crippen LogP contribution in [-0.2, 0) is 0 Å². The lowest BCUT2D eigenvalue weighted by atomic mass is 9.89. The van der Waals surface area contributed by atoms with Gasteiger partial charge in [0.1, 0.15) is 41.4 Å². The van der Waals surface area contributed by atoms with Gasteiger partial charge in [-0.3, -0.25) is 9.88 Å². The summed E-state index contributed by atoms with van der Waals surface area (Å²) in [6.45, 7) is 2.88. The van der Waals surface area contributed by atoms with Crippen LogP contribution in [0.2, 0.25) is 0 Å². The zero-order chi connectivity index (χ0) is 31.4. The first kappa shape index (κ1) is 28.1. The van der Waals surface area contributed by atoms with Gasteiger partial charge in [0, 0.05) is 61.8 Å². The number of hydrogen-bond acceptors (Lipinski definition) is 8. The van der Waals surface area contributed by atoms with Crippen LogP contribution in [0.1, 0.15) is 44.1 Å². The second-order valence-corrected chi connectivity index (χ2v) is 14.1. The molecule has 2 aromatic heterocycles. The number of alkyl halides is 1. The van der Waals surface area contributed by atoms with Crippen molar-refractivity contribution in [2.75, 3.05) is 37.7 Å². The van der Waals surface area contributed by atoms with E-state index in [4.69, 9.17) is 16.1 Å². The highest BCUT2D eigenvalue weighted by molar-refractivity contribution is 6.03. The number of rotatable bonds is 5. The molecule has 46 heavy (non-hydrogen) atoms. The number of terminal acetylenes is 1. The quantitative estimate of drug-likeness (QED) is 0.296. The molecule has 11 heteroatoms. The topological polar surface area (TPSA) is 86.6 Å². The van der Waals surface area contributed by atoms with Gasteiger partial charge >= 0.3 is 6.01 Å². The maximum atomic E-state index is 16.8. The summed E-state index contributed by atoms with van der Waals surface area (Å²) in [5.41, 5.74) is -0.194. The molecule has 0 radical (unpaired) electrons. The van der Waals surface area contributed by atoms with Crippen molar-refractivity contribution in [1.29, 1.82) is 0 Å². The van der Waals surface area contributed by atoms with Gasteiger partial charge in [0.25, 0.3) is 0 Å². The van der Waals surface area contributed by atoms with E-state index in [1.54, 1.807) is 0 Å². The first-order valence-corrected chi connectivity index (χ1v) is 16.0. The number of phenols is 1. The van der Waals surface area contributed by atoms with Crippen LogP contribution >= 0.6 is 0 Å². The number of anilines is 1. The molecule has 4 aromatic rings. The predicted octanol–water partition coefficient (Wildman–Crippen LogP) is 5.10. The number of benzene rings is 2. The molecule has 2 N–H and O–H groups in total. The molecule has 8 nitrogen and oxygen atoms in total. The lowest BCUT2D eigenvalue weighted by molar-refractivity contribution is 0.107. The normalized spacial score (nSPS) is 27.9. The second-order valence-electron chi connectivity index (χ2n) is 14.1. The Labute approximate surface area is 264 Å². The molecular weight excluding hydrogens is 593 g/mol. The molecule has 0 unspecified atom stereocenters. The third-order valence-electron chi connectivity index (χ3n) is 11.0. The van der Waals surface area contributed by atoms with E-state index in [1.165, 1.54) is 30.5 Å². The number of nitrogens with zero attached hydrogens (tertiary/aromatic N) is 5. The number of nitrogens with one attached hydrogen (secondary N) is 1. The third-order valence-corrected chi connectivity index (χ3v) is 11.0. The summed E-state index contributed by atoms with van der Waals surface area (Å²) < 4.78 is 52.7. The minimum atomic E-state index is -0.912.